The highest BCUT2D eigenvalue weighted by atomic mass is 16.1. The lowest BCUT2D eigenvalue weighted by atomic mass is 10.2. The highest BCUT2D eigenvalue weighted by Gasteiger charge is 2.03. The third-order valence-corrected chi connectivity index (χ3v) is 1.38. The van der Waals surface area contributed by atoms with Crippen LogP contribution in [0.4, 0.5) is 0 Å². The Morgan fingerprint density at radius 1 is 1.45 bits per heavy atom. The average molecular weight is 162 g/mol. The lowest BCUT2D eigenvalue weighted by Gasteiger charge is -2.06. The van der Waals surface area contributed by atoms with Gasteiger partial charge in [-0.15, -0.1) is 0 Å². The second-order valence-electron chi connectivity index (χ2n) is 2.80. The summed E-state index contributed by atoms with van der Waals surface area (Å²) in [4.78, 5) is 11.0. The lowest BCUT2D eigenvalue weighted by Crippen LogP contribution is -2.34. The van der Waals surface area contributed by atoms with Crippen LogP contribution in [0.15, 0.2) is 0 Å². The lowest BCUT2D eigenvalue weighted by molar-refractivity contribution is -0.123. The minimum Gasteiger partial charge on any atom is -0.355 e. The van der Waals surface area contributed by atoms with Crippen molar-refractivity contribution in [1.29, 1.82) is 0 Å². The molecule has 0 aliphatic rings. The summed E-state index contributed by atoms with van der Waals surface area (Å²) in [6, 6.07) is 0. The van der Waals surface area contributed by atoms with Gasteiger partial charge in [0.25, 0.3) is 0 Å². The van der Waals surface area contributed by atoms with Crippen molar-refractivity contribution in [2.75, 3.05) is 19.6 Å². The Bertz CT molecular complexity index is 121. The molecule has 0 aliphatic heterocycles. The third-order valence-electron chi connectivity index (χ3n) is 1.38. The summed E-state index contributed by atoms with van der Waals surface area (Å²) < 4.78 is 0. The van der Waals surface area contributed by atoms with Gasteiger partial charge in [0, 0.05) is 21.9 Å². The second-order valence-corrected chi connectivity index (χ2v) is 2.80. The van der Waals surface area contributed by atoms with Crippen LogP contribution < -0.4 is 10.6 Å². The molecule has 0 unspecified atom stereocenters. The molecule has 0 atom stereocenters. The molecule has 0 aromatic heterocycles. The van der Waals surface area contributed by atoms with E-state index in [1.165, 1.54) is 0 Å². The second kappa shape index (κ2) is 6.16. The number of likely N-dealkylation sites (N-methyl/N-ethyl adjacent to an activating group) is 1. The van der Waals surface area contributed by atoms with Gasteiger partial charge in [0.05, 0.1) is 0 Å². The molecule has 3 nitrogen and oxygen atoms in total. The molecule has 11 heavy (non-hydrogen) atoms. The van der Waals surface area contributed by atoms with Crippen molar-refractivity contribution in [2.24, 2.45) is 5.92 Å². The molecule has 0 saturated heterocycles. The molecular weight excluding hydrogens is 140 g/mol. The normalized spacial score (nSPS) is 10.2. The van der Waals surface area contributed by atoms with Gasteiger partial charge in [0.2, 0.25) is 5.91 Å². The van der Waals surface area contributed by atoms with Crippen LogP contribution in [-0.2, 0) is 4.79 Å². The van der Waals surface area contributed by atoms with Crippen molar-refractivity contribution in [2.45, 2.75) is 20.8 Å². The van der Waals surface area contributed by atoms with E-state index in [4.69, 9.17) is 0 Å². The maximum atomic E-state index is 11.0. The number of carbonyl (C=O) groups excluding carboxylic acids is 1. The number of nitrogens with one attached hydrogen (secondary N) is 2. The van der Waals surface area contributed by atoms with E-state index < -0.39 is 0 Å². The maximum Gasteiger partial charge on any atom is 0.222 e. The van der Waals surface area contributed by atoms with Crippen LogP contribution >= 0.6 is 0 Å². The standard InChI is InChI=1S/C8H18N2O.2H2/c1-4-9-5-6-10-8(11)7(2)3;;/h7,9H,4-6H2,1-3H3,(H,10,11);2*1H. The molecule has 2 N–H and O–H groups in total. The summed E-state index contributed by atoms with van der Waals surface area (Å²) in [6.07, 6.45) is 0. The highest BCUT2D eigenvalue weighted by molar-refractivity contribution is 5.77. The summed E-state index contributed by atoms with van der Waals surface area (Å²) in [5.74, 6) is 0.222. The molecule has 70 valence electrons. The topological polar surface area (TPSA) is 41.1 Å². The predicted molar refractivity (Wildman–Crippen MR) is 50.6 cm³/mol. The predicted octanol–water partition coefficient (Wildman–Crippen LogP) is 0.860. The summed E-state index contributed by atoms with van der Waals surface area (Å²) >= 11 is 0. The van der Waals surface area contributed by atoms with E-state index in [0.29, 0.717) is 0 Å². The fraction of sp³-hybridized carbons (Fsp3) is 0.875. The molecule has 1 amide bonds. The van der Waals surface area contributed by atoms with Gasteiger partial charge >= 0.3 is 0 Å². The van der Waals surface area contributed by atoms with Crippen molar-refractivity contribution >= 4 is 5.91 Å². The molecule has 3 heteroatoms. The summed E-state index contributed by atoms with van der Waals surface area (Å²) in [6.45, 7) is 8.37. The van der Waals surface area contributed by atoms with Gasteiger partial charge < -0.3 is 10.6 Å². The number of carbonyl (C=O) groups is 1. The van der Waals surface area contributed by atoms with Crippen LogP contribution in [0.1, 0.15) is 23.6 Å². The monoisotopic (exact) mass is 162 g/mol. The first kappa shape index (κ1) is 10.4. The number of rotatable bonds is 5. The van der Waals surface area contributed by atoms with Gasteiger partial charge in [-0.05, 0) is 6.54 Å². The van der Waals surface area contributed by atoms with Crippen LogP contribution in [0.2, 0.25) is 0 Å². The number of amides is 1. The summed E-state index contributed by atoms with van der Waals surface area (Å²) in [7, 11) is 0. The first-order chi connectivity index (χ1) is 5.18. The Balaban J connectivity index is -0.000000500. The Hall–Kier alpha value is -0.570. The molecule has 0 aliphatic carbocycles. The minimum absolute atomic E-state index is 0. The maximum absolute atomic E-state index is 11.0. The largest absolute Gasteiger partial charge is 0.355 e. The first-order valence-electron chi connectivity index (χ1n) is 4.17. The van der Waals surface area contributed by atoms with Gasteiger partial charge in [0.1, 0.15) is 0 Å². The fourth-order valence-corrected chi connectivity index (χ4v) is 0.655. The van der Waals surface area contributed by atoms with Crippen LogP contribution in [0.5, 0.6) is 0 Å². The van der Waals surface area contributed by atoms with Crippen molar-refractivity contribution in [1.82, 2.24) is 10.6 Å². The molecule has 0 heterocycles. The first-order valence-corrected chi connectivity index (χ1v) is 4.17. The van der Waals surface area contributed by atoms with Gasteiger partial charge in [-0.2, -0.15) is 0 Å². The molecule has 0 spiro atoms. The van der Waals surface area contributed by atoms with Crippen LogP contribution in [0.25, 0.3) is 0 Å². The molecule has 0 bridgehead atoms. The number of hydrogen-bond acceptors (Lipinski definition) is 2. The fourth-order valence-electron chi connectivity index (χ4n) is 0.655. The Labute approximate surface area is 71.5 Å². The van der Waals surface area contributed by atoms with E-state index in [9.17, 15) is 4.79 Å². The minimum atomic E-state index is 0. The molecule has 0 rings (SSSR count). The highest BCUT2D eigenvalue weighted by Crippen LogP contribution is 1.88. The zero-order chi connectivity index (χ0) is 8.69. The van der Waals surface area contributed by atoms with Gasteiger partial charge in [0.15, 0.2) is 0 Å². The SMILES string of the molecule is CCNCCNC(=O)C(C)C.[HH].[HH]. The van der Waals surface area contributed by atoms with E-state index in [1.807, 2.05) is 20.8 Å². The molecule has 0 saturated carbocycles. The molecular formula is C8H22N2O. The average Bonchev–Trinajstić information content (AvgIpc) is 1.97. The third kappa shape index (κ3) is 5.85. The van der Waals surface area contributed by atoms with E-state index in [0.717, 1.165) is 19.6 Å². The van der Waals surface area contributed by atoms with Crippen LogP contribution in [0, 0.1) is 5.92 Å². The van der Waals surface area contributed by atoms with E-state index in [-0.39, 0.29) is 14.7 Å². The van der Waals surface area contributed by atoms with Crippen molar-refractivity contribution in [3.63, 3.8) is 0 Å². The zero-order valence-electron chi connectivity index (χ0n) is 7.61. The molecule has 0 aromatic rings. The molecule has 0 radical (unpaired) electrons. The molecule has 0 fully saturated rings. The summed E-state index contributed by atoms with van der Waals surface area (Å²) in [5.41, 5.74) is 0. The van der Waals surface area contributed by atoms with Crippen molar-refractivity contribution < 1.29 is 7.65 Å². The van der Waals surface area contributed by atoms with Crippen LogP contribution in [-0.4, -0.2) is 25.5 Å². The van der Waals surface area contributed by atoms with Gasteiger partial charge in [-0.1, -0.05) is 20.8 Å². The smallest absolute Gasteiger partial charge is 0.222 e. The van der Waals surface area contributed by atoms with Crippen LogP contribution in [0.3, 0.4) is 0 Å². The van der Waals surface area contributed by atoms with Gasteiger partial charge in [-0.25, -0.2) is 0 Å². The van der Waals surface area contributed by atoms with Crippen molar-refractivity contribution in [3.05, 3.63) is 0 Å². The molecule has 0 aromatic carbocycles. The van der Waals surface area contributed by atoms with Gasteiger partial charge in [-0.3, -0.25) is 4.79 Å². The number of hydrogen-bond donors (Lipinski definition) is 2. The van der Waals surface area contributed by atoms with Crippen molar-refractivity contribution in [3.8, 4) is 0 Å². The zero-order valence-corrected chi connectivity index (χ0v) is 7.61. The Morgan fingerprint density at radius 3 is 2.55 bits per heavy atom. The van der Waals surface area contributed by atoms with E-state index in [1.54, 1.807) is 0 Å². The Kier molecular flexibility index (Phi) is 5.84. The Morgan fingerprint density at radius 2 is 2.09 bits per heavy atom. The van der Waals surface area contributed by atoms with E-state index >= 15 is 0 Å². The quantitative estimate of drug-likeness (QED) is 0.589. The summed E-state index contributed by atoms with van der Waals surface area (Å²) in [5, 5.41) is 5.94. The van der Waals surface area contributed by atoms with E-state index in [2.05, 4.69) is 10.6 Å².